The van der Waals surface area contributed by atoms with Gasteiger partial charge in [-0.2, -0.15) is 0 Å². The third-order valence-corrected chi connectivity index (χ3v) is 5.76. The van der Waals surface area contributed by atoms with Gasteiger partial charge in [0.25, 0.3) is 0 Å². The molecule has 1 heterocycles. The molecule has 4 aromatic carbocycles. The van der Waals surface area contributed by atoms with Gasteiger partial charge in [0.05, 0.1) is 5.56 Å². The van der Waals surface area contributed by atoms with Crippen molar-refractivity contribution in [3.63, 3.8) is 0 Å². The van der Waals surface area contributed by atoms with Gasteiger partial charge in [0.2, 0.25) is 5.90 Å². The number of aliphatic imine (C=N–C) groups is 1. The molecule has 0 radical (unpaired) electrons. The lowest BCUT2D eigenvalue weighted by Crippen LogP contribution is -2.06. The van der Waals surface area contributed by atoms with Gasteiger partial charge in [-0.1, -0.05) is 60.7 Å². The summed E-state index contributed by atoms with van der Waals surface area (Å²) in [4.78, 5) is 17.0. The molecule has 0 aliphatic carbocycles. The summed E-state index contributed by atoms with van der Waals surface area (Å²) in [6.07, 6.45) is 1.84. The molecule has 0 bridgehead atoms. The zero-order valence-corrected chi connectivity index (χ0v) is 16.9. The summed E-state index contributed by atoms with van der Waals surface area (Å²) in [5.41, 5.74) is 2.12. The van der Waals surface area contributed by atoms with Crippen LogP contribution in [0.5, 0.6) is 0 Å². The maximum atomic E-state index is 12.5. The zero-order valence-electron chi connectivity index (χ0n) is 14.7. The lowest BCUT2D eigenvalue weighted by molar-refractivity contribution is -0.129. The van der Waals surface area contributed by atoms with E-state index in [2.05, 4.69) is 57.9 Å². The minimum atomic E-state index is -0.424. The fourth-order valence-electron chi connectivity index (χ4n) is 3.50. The summed E-state index contributed by atoms with van der Waals surface area (Å²) in [5, 5.41) is 4.42. The molecule has 4 heteroatoms. The largest absolute Gasteiger partial charge is 0.402 e. The first-order valence-corrected chi connectivity index (χ1v) is 9.96. The van der Waals surface area contributed by atoms with Crippen LogP contribution in [-0.4, -0.2) is 11.9 Å². The first-order chi connectivity index (χ1) is 13.7. The Kier molecular flexibility index (Phi) is 4.20. The molecule has 0 atom stereocenters. The standard InChI is InChI=1S/C24H14INO2/c25-21-12-6-5-11-19(21)23-26-22(24(27)28-23)14-20-17-9-3-1-7-15(17)13-16-8-2-4-10-18(16)20/h1-14H/b22-14-. The molecule has 0 amide bonds. The molecule has 28 heavy (non-hydrogen) atoms. The van der Waals surface area contributed by atoms with E-state index in [1.165, 1.54) is 0 Å². The van der Waals surface area contributed by atoms with Gasteiger partial charge in [0.15, 0.2) is 5.70 Å². The van der Waals surface area contributed by atoms with Gasteiger partial charge < -0.3 is 4.74 Å². The smallest absolute Gasteiger partial charge is 0.363 e. The predicted octanol–water partition coefficient (Wildman–Crippen LogP) is 5.94. The molecule has 4 aromatic rings. The van der Waals surface area contributed by atoms with Crippen LogP contribution in [-0.2, 0) is 9.53 Å². The van der Waals surface area contributed by atoms with Gasteiger partial charge in [0.1, 0.15) is 0 Å². The van der Waals surface area contributed by atoms with Crippen molar-refractivity contribution in [2.75, 3.05) is 0 Å². The number of benzene rings is 4. The number of hydrogen-bond donors (Lipinski definition) is 0. The number of carbonyl (C=O) groups excluding carboxylic acids is 1. The van der Waals surface area contributed by atoms with E-state index in [-0.39, 0.29) is 0 Å². The van der Waals surface area contributed by atoms with Gasteiger partial charge in [-0.25, -0.2) is 9.79 Å². The van der Waals surface area contributed by atoms with Crippen molar-refractivity contribution in [3.8, 4) is 0 Å². The van der Waals surface area contributed by atoms with Crippen LogP contribution in [0.1, 0.15) is 11.1 Å². The molecule has 0 unspecified atom stereocenters. The Bertz CT molecular complexity index is 1270. The van der Waals surface area contributed by atoms with Crippen LogP contribution in [0.4, 0.5) is 0 Å². The monoisotopic (exact) mass is 475 g/mol. The summed E-state index contributed by atoms with van der Waals surface area (Å²) in [6.45, 7) is 0. The summed E-state index contributed by atoms with van der Waals surface area (Å²) < 4.78 is 6.46. The number of hydrogen-bond acceptors (Lipinski definition) is 3. The normalized spacial score (nSPS) is 15.2. The second-order valence-electron chi connectivity index (χ2n) is 6.55. The average molecular weight is 475 g/mol. The minimum absolute atomic E-state index is 0.316. The van der Waals surface area contributed by atoms with Crippen molar-refractivity contribution in [1.29, 1.82) is 0 Å². The first kappa shape index (κ1) is 17.1. The number of fused-ring (bicyclic) bond motifs is 2. The Labute approximate surface area is 175 Å². The van der Waals surface area contributed by atoms with E-state index in [0.29, 0.717) is 11.6 Å². The van der Waals surface area contributed by atoms with Crippen LogP contribution in [0.3, 0.4) is 0 Å². The fraction of sp³-hybridized carbons (Fsp3) is 0. The van der Waals surface area contributed by atoms with E-state index < -0.39 is 5.97 Å². The maximum absolute atomic E-state index is 12.5. The van der Waals surface area contributed by atoms with Crippen LogP contribution in [0.25, 0.3) is 27.6 Å². The van der Waals surface area contributed by atoms with Crippen LogP contribution in [0.15, 0.2) is 89.6 Å². The first-order valence-electron chi connectivity index (χ1n) is 8.89. The van der Waals surface area contributed by atoms with Crippen molar-refractivity contribution in [3.05, 3.63) is 99.3 Å². The number of cyclic esters (lactones) is 1. The van der Waals surface area contributed by atoms with Gasteiger partial charge in [-0.05, 0) is 74.0 Å². The Morgan fingerprint density at radius 1 is 0.821 bits per heavy atom. The molecule has 0 aromatic heterocycles. The van der Waals surface area contributed by atoms with Crippen molar-refractivity contribution >= 4 is 62.1 Å². The lowest BCUT2D eigenvalue weighted by atomic mass is 9.96. The van der Waals surface area contributed by atoms with Crippen molar-refractivity contribution in [1.82, 2.24) is 0 Å². The zero-order chi connectivity index (χ0) is 19.1. The maximum Gasteiger partial charge on any atom is 0.363 e. The number of ether oxygens (including phenoxy) is 1. The van der Waals surface area contributed by atoms with Crippen LogP contribution >= 0.6 is 22.6 Å². The van der Waals surface area contributed by atoms with E-state index in [0.717, 1.165) is 36.2 Å². The number of rotatable bonds is 2. The van der Waals surface area contributed by atoms with Gasteiger partial charge in [0, 0.05) is 3.57 Å². The molecular formula is C24H14INO2. The quantitative estimate of drug-likeness (QED) is 0.156. The van der Waals surface area contributed by atoms with Crippen molar-refractivity contribution < 1.29 is 9.53 Å². The SMILES string of the molecule is O=C1OC(c2ccccc2I)=N/C1=C\c1c2ccccc2cc2ccccc12. The van der Waals surface area contributed by atoms with E-state index in [1.807, 2.05) is 54.6 Å². The second kappa shape index (κ2) is 6.87. The van der Waals surface area contributed by atoms with Gasteiger partial charge in [-0.3, -0.25) is 0 Å². The lowest BCUT2D eigenvalue weighted by Gasteiger charge is -2.08. The highest BCUT2D eigenvalue weighted by Crippen LogP contribution is 2.31. The highest BCUT2D eigenvalue weighted by molar-refractivity contribution is 14.1. The Balaban J connectivity index is 1.73. The van der Waals surface area contributed by atoms with E-state index in [9.17, 15) is 4.79 Å². The molecule has 0 fully saturated rings. The Hall–Kier alpha value is -2.99. The molecule has 1 aliphatic heterocycles. The number of halogens is 1. The fourth-order valence-corrected chi connectivity index (χ4v) is 4.12. The molecule has 0 saturated carbocycles. The van der Waals surface area contributed by atoms with Crippen LogP contribution in [0.2, 0.25) is 0 Å². The summed E-state index contributed by atoms with van der Waals surface area (Å²) in [7, 11) is 0. The molecule has 0 spiro atoms. The molecule has 134 valence electrons. The van der Waals surface area contributed by atoms with E-state index in [4.69, 9.17) is 4.74 Å². The third kappa shape index (κ3) is 2.90. The van der Waals surface area contributed by atoms with Gasteiger partial charge >= 0.3 is 5.97 Å². The summed E-state index contributed by atoms with van der Waals surface area (Å²) in [6, 6.07) is 26.2. The van der Waals surface area contributed by atoms with E-state index >= 15 is 0 Å². The summed E-state index contributed by atoms with van der Waals surface area (Å²) >= 11 is 2.22. The molecular weight excluding hydrogens is 461 g/mol. The molecule has 0 saturated heterocycles. The van der Waals surface area contributed by atoms with E-state index in [1.54, 1.807) is 0 Å². The third-order valence-electron chi connectivity index (χ3n) is 4.82. The van der Waals surface area contributed by atoms with Crippen LogP contribution in [0, 0.1) is 3.57 Å². The number of nitrogens with zero attached hydrogens (tertiary/aromatic N) is 1. The predicted molar refractivity (Wildman–Crippen MR) is 121 cm³/mol. The topological polar surface area (TPSA) is 38.7 Å². The Morgan fingerprint density at radius 2 is 1.43 bits per heavy atom. The average Bonchev–Trinajstić information content (AvgIpc) is 3.08. The summed E-state index contributed by atoms with van der Waals surface area (Å²) in [5.74, 6) is -0.0718. The van der Waals surface area contributed by atoms with Crippen molar-refractivity contribution in [2.45, 2.75) is 0 Å². The minimum Gasteiger partial charge on any atom is -0.402 e. The van der Waals surface area contributed by atoms with Crippen molar-refractivity contribution in [2.24, 2.45) is 4.99 Å². The molecule has 0 N–H and O–H groups in total. The molecule has 5 rings (SSSR count). The molecule has 1 aliphatic rings. The highest BCUT2D eigenvalue weighted by Gasteiger charge is 2.25. The second-order valence-corrected chi connectivity index (χ2v) is 7.71. The number of esters is 1. The Morgan fingerprint density at radius 3 is 2.11 bits per heavy atom. The van der Waals surface area contributed by atoms with Crippen LogP contribution < -0.4 is 0 Å². The molecule has 3 nitrogen and oxygen atoms in total. The number of carbonyl (C=O) groups is 1. The van der Waals surface area contributed by atoms with Gasteiger partial charge in [-0.15, -0.1) is 0 Å². The highest BCUT2D eigenvalue weighted by atomic mass is 127.